The van der Waals surface area contributed by atoms with E-state index >= 15 is 0 Å². The van der Waals surface area contributed by atoms with Crippen LogP contribution in [0.15, 0.2) is 5.16 Å². The Morgan fingerprint density at radius 1 is 1.33 bits per heavy atom. The highest BCUT2D eigenvalue weighted by atomic mass is 16.5. The maximum Gasteiger partial charge on any atom is 0.140 e. The fourth-order valence-corrected chi connectivity index (χ4v) is 1.61. The Kier molecular flexibility index (Phi) is 7.95. The van der Waals surface area contributed by atoms with Gasteiger partial charge in [-0.2, -0.15) is 0 Å². The normalized spacial score (nSPS) is 13.6. The van der Waals surface area contributed by atoms with Crippen LogP contribution in [0, 0.1) is 5.92 Å². The minimum absolute atomic E-state index is 0.102. The maximum atomic E-state index is 8.53. The van der Waals surface area contributed by atoms with Crippen LogP contribution in [0.2, 0.25) is 0 Å². The minimum Gasteiger partial charge on any atom is -0.409 e. The lowest BCUT2D eigenvalue weighted by atomic mass is 10.2. The summed E-state index contributed by atoms with van der Waals surface area (Å²) in [7, 11) is 0. The molecule has 0 rings (SSSR count). The molecule has 18 heavy (non-hydrogen) atoms. The Balaban J connectivity index is 4.07. The maximum absolute atomic E-state index is 8.53. The van der Waals surface area contributed by atoms with Gasteiger partial charge in [0, 0.05) is 26.1 Å². The molecule has 0 aliphatic rings. The number of ether oxygens (including phenoxy) is 1. The fourth-order valence-electron chi connectivity index (χ4n) is 1.61. The van der Waals surface area contributed by atoms with Crippen LogP contribution < -0.4 is 5.73 Å². The predicted octanol–water partition coefficient (Wildman–Crippen LogP) is 1.90. The van der Waals surface area contributed by atoms with Gasteiger partial charge in [-0.1, -0.05) is 19.0 Å². The first-order valence-electron chi connectivity index (χ1n) is 6.57. The molecule has 0 atom stereocenters. The smallest absolute Gasteiger partial charge is 0.140 e. The number of nitrogens with two attached hydrogens (primary N) is 1. The molecule has 0 spiro atoms. The molecule has 0 aromatic rings. The minimum atomic E-state index is -0.102. The number of hydrogen-bond donors (Lipinski definition) is 2. The summed E-state index contributed by atoms with van der Waals surface area (Å²) >= 11 is 0. The molecule has 0 amide bonds. The van der Waals surface area contributed by atoms with Crippen molar-refractivity contribution in [3.63, 3.8) is 0 Å². The molecule has 0 unspecified atom stereocenters. The largest absolute Gasteiger partial charge is 0.409 e. The van der Waals surface area contributed by atoms with Gasteiger partial charge in [0.2, 0.25) is 0 Å². The molecule has 0 saturated carbocycles. The Morgan fingerprint density at radius 2 is 1.94 bits per heavy atom. The average molecular weight is 259 g/mol. The molecule has 0 saturated heterocycles. The predicted molar refractivity (Wildman–Crippen MR) is 75.0 cm³/mol. The third-order valence-corrected chi connectivity index (χ3v) is 2.38. The lowest BCUT2D eigenvalue weighted by Crippen LogP contribution is -2.35. The molecule has 0 bridgehead atoms. The van der Waals surface area contributed by atoms with E-state index in [1.165, 1.54) is 0 Å². The van der Waals surface area contributed by atoms with E-state index < -0.39 is 0 Å². The van der Waals surface area contributed by atoms with E-state index in [0.717, 1.165) is 19.6 Å². The fraction of sp³-hybridized carbons (Fsp3) is 0.923. The highest BCUT2D eigenvalue weighted by molar-refractivity contribution is 5.79. The highest BCUT2D eigenvalue weighted by Gasteiger charge is 2.12. The summed E-state index contributed by atoms with van der Waals surface area (Å²) in [6.45, 7) is 13.9. The number of amidine groups is 1. The van der Waals surface area contributed by atoms with Crippen LogP contribution in [0.5, 0.6) is 0 Å². The molecule has 5 nitrogen and oxygen atoms in total. The zero-order valence-electron chi connectivity index (χ0n) is 12.4. The van der Waals surface area contributed by atoms with Crippen LogP contribution in [0.4, 0.5) is 0 Å². The zero-order chi connectivity index (χ0) is 14.2. The molecule has 0 heterocycles. The Hall–Kier alpha value is -0.810. The topological polar surface area (TPSA) is 71.1 Å². The van der Waals surface area contributed by atoms with Crippen LogP contribution in [-0.2, 0) is 4.74 Å². The van der Waals surface area contributed by atoms with Crippen molar-refractivity contribution in [3.05, 3.63) is 0 Å². The van der Waals surface area contributed by atoms with Gasteiger partial charge in [0.15, 0.2) is 0 Å². The van der Waals surface area contributed by atoms with E-state index in [1.807, 2.05) is 0 Å². The molecule has 0 radical (unpaired) electrons. The number of rotatable bonds is 8. The Morgan fingerprint density at radius 3 is 2.39 bits per heavy atom. The summed E-state index contributed by atoms with van der Waals surface area (Å²) in [5.74, 6) is 0.868. The van der Waals surface area contributed by atoms with Gasteiger partial charge in [0.1, 0.15) is 5.84 Å². The van der Waals surface area contributed by atoms with Crippen LogP contribution in [0.3, 0.4) is 0 Å². The van der Waals surface area contributed by atoms with Crippen molar-refractivity contribution in [1.82, 2.24) is 4.90 Å². The van der Waals surface area contributed by atoms with Gasteiger partial charge in [-0.25, -0.2) is 0 Å². The first-order valence-corrected chi connectivity index (χ1v) is 6.57. The summed E-state index contributed by atoms with van der Waals surface area (Å²) < 4.78 is 5.72. The summed E-state index contributed by atoms with van der Waals surface area (Å²) in [6.07, 6.45) is 0.582. The molecule has 0 aromatic heterocycles. The monoisotopic (exact) mass is 259 g/mol. The van der Waals surface area contributed by atoms with Gasteiger partial charge < -0.3 is 20.6 Å². The van der Waals surface area contributed by atoms with Crippen molar-refractivity contribution < 1.29 is 9.94 Å². The molecule has 108 valence electrons. The van der Waals surface area contributed by atoms with Gasteiger partial charge >= 0.3 is 0 Å². The summed E-state index contributed by atoms with van der Waals surface area (Å²) in [6, 6.07) is 0. The van der Waals surface area contributed by atoms with Crippen LogP contribution >= 0.6 is 0 Å². The van der Waals surface area contributed by atoms with Gasteiger partial charge in [-0.05, 0) is 26.7 Å². The lowest BCUT2D eigenvalue weighted by Gasteiger charge is -2.26. The van der Waals surface area contributed by atoms with Crippen molar-refractivity contribution in [2.24, 2.45) is 16.8 Å². The third kappa shape index (κ3) is 10.4. The molecule has 0 fully saturated rings. The SMILES string of the molecule is CC(C)CN(CCOC(C)(C)C)CCC(N)=NO. The number of oxime groups is 1. The summed E-state index contributed by atoms with van der Waals surface area (Å²) in [5.41, 5.74) is 5.39. The van der Waals surface area contributed by atoms with Crippen molar-refractivity contribution in [2.75, 3.05) is 26.2 Å². The van der Waals surface area contributed by atoms with E-state index in [2.05, 4.69) is 44.7 Å². The van der Waals surface area contributed by atoms with Crippen LogP contribution in [0.1, 0.15) is 41.0 Å². The second kappa shape index (κ2) is 8.32. The standard InChI is InChI=1S/C13H29N3O2/c1-11(2)10-16(7-6-12(14)15-17)8-9-18-13(3,4)5/h11,17H,6-10H2,1-5H3,(H2,14,15). The van der Waals surface area contributed by atoms with E-state index in [4.69, 9.17) is 15.7 Å². The molecule has 0 aliphatic carbocycles. The molecule has 0 aliphatic heterocycles. The van der Waals surface area contributed by atoms with Gasteiger partial charge in [-0.3, -0.25) is 0 Å². The van der Waals surface area contributed by atoms with Crippen LogP contribution in [0.25, 0.3) is 0 Å². The lowest BCUT2D eigenvalue weighted by molar-refractivity contribution is -0.0138. The second-order valence-electron chi connectivity index (χ2n) is 6.00. The van der Waals surface area contributed by atoms with Gasteiger partial charge in [0.25, 0.3) is 0 Å². The highest BCUT2D eigenvalue weighted by Crippen LogP contribution is 2.07. The van der Waals surface area contributed by atoms with Gasteiger partial charge in [-0.15, -0.1) is 0 Å². The zero-order valence-corrected chi connectivity index (χ0v) is 12.4. The summed E-state index contributed by atoms with van der Waals surface area (Å²) in [4.78, 5) is 2.29. The Labute approximate surface area is 111 Å². The van der Waals surface area contributed by atoms with Crippen LogP contribution in [-0.4, -0.2) is 47.8 Å². The molecular formula is C13H29N3O2. The molecule has 5 heteroatoms. The molecule has 3 N–H and O–H groups in total. The van der Waals surface area contributed by atoms with E-state index in [-0.39, 0.29) is 11.4 Å². The van der Waals surface area contributed by atoms with E-state index in [9.17, 15) is 0 Å². The summed E-state index contributed by atoms with van der Waals surface area (Å²) in [5, 5.41) is 11.5. The average Bonchev–Trinajstić information content (AvgIpc) is 2.22. The van der Waals surface area contributed by atoms with Crippen molar-refractivity contribution >= 4 is 5.84 Å². The molecule has 0 aromatic carbocycles. The van der Waals surface area contributed by atoms with Crippen molar-refractivity contribution in [2.45, 2.75) is 46.6 Å². The van der Waals surface area contributed by atoms with E-state index in [1.54, 1.807) is 0 Å². The third-order valence-electron chi connectivity index (χ3n) is 2.38. The Bertz CT molecular complexity index is 247. The first-order chi connectivity index (χ1) is 8.24. The first kappa shape index (κ1) is 17.2. The van der Waals surface area contributed by atoms with Crippen molar-refractivity contribution in [3.8, 4) is 0 Å². The quantitative estimate of drug-likeness (QED) is 0.302. The second-order valence-corrected chi connectivity index (χ2v) is 6.00. The van der Waals surface area contributed by atoms with E-state index in [0.29, 0.717) is 18.9 Å². The molecular weight excluding hydrogens is 230 g/mol. The number of nitrogens with zero attached hydrogens (tertiary/aromatic N) is 2. The van der Waals surface area contributed by atoms with Crippen molar-refractivity contribution in [1.29, 1.82) is 0 Å². The van der Waals surface area contributed by atoms with Gasteiger partial charge in [0.05, 0.1) is 12.2 Å². The number of hydrogen-bond acceptors (Lipinski definition) is 4.